The van der Waals surface area contributed by atoms with Crippen molar-refractivity contribution in [3.05, 3.63) is 29.8 Å². The maximum absolute atomic E-state index is 10.7. The van der Waals surface area contributed by atoms with Gasteiger partial charge < -0.3 is 5.11 Å². The molecule has 2 nitrogen and oxygen atoms in total. The van der Waals surface area contributed by atoms with E-state index in [9.17, 15) is 4.79 Å². The van der Waals surface area contributed by atoms with E-state index in [2.05, 4.69) is 0 Å². The van der Waals surface area contributed by atoms with Gasteiger partial charge in [-0.25, -0.2) is 4.79 Å². The van der Waals surface area contributed by atoms with Gasteiger partial charge in [-0.3, -0.25) is 0 Å². The minimum absolute atomic E-state index is 0.406. The molecule has 1 heterocycles. The normalized spacial score (nSPS) is 17.6. The molecule has 1 N–H and O–H groups in total. The number of hydrogen-bond acceptors (Lipinski definition) is 1. The lowest BCUT2D eigenvalue weighted by Gasteiger charge is -2.20. The maximum Gasteiger partial charge on any atom is 0.335 e. The van der Waals surface area contributed by atoms with Crippen LogP contribution in [0.5, 0.6) is 0 Å². The Kier molecular flexibility index (Phi) is 3.21. The van der Waals surface area contributed by atoms with Gasteiger partial charge in [-0.2, -0.15) is 0 Å². The summed E-state index contributed by atoms with van der Waals surface area (Å²) in [7, 11) is -0.729. The highest BCUT2D eigenvalue weighted by molar-refractivity contribution is 6.73. The lowest BCUT2D eigenvalue weighted by atomic mass is 10.2. The molecular weight excluding hydrogens is 204 g/mol. The summed E-state index contributed by atoms with van der Waals surface area (Å²) in [6.45, 7) is 0. The molecule has 15 heavy (non-hydrogen) atoms. The first kappa shape index (κ1) is 10.4. The molecule has 0 aromatic heterocycles. The monoisotopic (exact) mass is 220 g/mol. The van der Waals surface area contributed by atoms with Crippen LogP contribution < -0.4 is 5.19 Å². The van der Waals surface area contributed by atoms with Crippen LogP contribution >= 0.6 is 0 Å². The van der Waals surface area contributed by atoms with Crippen molar-refractivity contribution in [1.82, 2.24) is 0 Å². The highest BCUT2D eigenvalue weighted by atomic mass is 28.3. The van der Waals surface area contributed by atoms with Crippen molar-refractivity contribution in [2.75, 3.05) is 0 Å². The number of aromatic carboxylic acids is 1. The molecule has 1 aliphatic rings. The van der Waals surface area contributed by atoms with Gasteiger partial charge >= 0.3 is 5.97 Å². The molecule has 0 amide bonds. The van der Waals surface area contributed by atoms with Gasteiger partial charge in [-0.15, -0.1) is 0 Å². The molecule has 3 heteroatoms. The van der Waals surface area contributed by atoms with Gasteiger partial charge in [-0.05, 0) is 12.1 Å². The van der Waals surface area contributed by atoms with Gasteiger partial charge in [0.05, 0.1) is 14.4 Å². The predicted molar refractivity (Wildman–Crippen MR) is 63.6 cm³/mol. The second kappa shape index (κ2) is 4.62. The third kappa shape index (κ3) is 2.48. The van der Waals surface area contributed by atoms with Crippen molar-refractivity contribution >= 4 is 20.0 Å². The molecule has 0 unspecified atom stereocenters. The molecule has 1 aromatic carbocycles. The molecule has 0 spiro atoms. The Morgan fingerprint density at radius 3 is 2.20 bits per heavy atom. The zero-order valence-corrected chi connectivity index (χ0v) is 9.93. The number of rotatable bonds is 2. The average Bonchev–Trinajstić information content (AvgIpc) is 2.30. The van der Waals surface area contributed by atoms with Crippen LogP contribution in [0, 0.1) is 0 Å². The van der Waals surface area contributed by atoms with Gasteiger partial charge in [0.15, 0.2) is 0 Å². The van der Waals surface area contributed by atoms with Crippen LogP contribution in [0.1, 0.15) is 29.6 Å². The summed E-state index contributed by atoms with van der Waals surface area (Å²) >= 11 is 0. The van der Waals surface area contributed by atoms with Crippen LogP contribution in [-0.4, -0.2) is 19.9 Å². The van der Waals surface area contributed by atoms with Gasteiger partial charge in [0.1, 0.15) is 0 Å². The Balaban J connectivity index is 2.11. The number of carbonyl (C=O) groups is 1. The van der Waals surface area contributed by atoms with E-state index in [1.807, 2.05) is 12.1 Å². The van der Waals surface area contributed by atoms with Crippen LogP contribution in [0.15, 0.2) is 24.3 Å². The van der Waals surface area contributed by atoms with E-state index in [0.29, 0.717) is 5.56 Å². The highest BCUT2D eigenvalue weighted by Crippen LogP contribution is 2.18. The van der Waals surface area contributed by atoms with E-state index in [1.165, 1.54) is 36.5 Å². The molecule has 1 aliphatic heterocycles. The van der Waals surface area contributed by atoms with Gasteiger partial charge in [0.25, 0.3) is 0 Å². The summed E-state index contributed by atoms with van der Waals surface area (Å²) in [5, 5.41) is 10.2. The SMILES string of the molecule is O=C(O)c1ccc([SiH]2CCCCC2)cc1. The van der Waals surface area contributed by atoms with Gasteiger partial charge in [-0.1, -0.05) is 48.7 Å². The first-order valence-electron chi connectivity index (χ1n) is 5.60. The molecular formula is C12H16O2Si. The molecule has 1 aromatic rings. The molecule has 1 fully saturated rings. The first-order valence-corrected chi connectivity index (χ1v) is 7.81. The van der Waals surface area contributed by atoms with Crippen molar-refractivity contribution < 1.29 is 9.90 Å². The van der Waals surface area contributed by atoms with Crippen LogP contribution in [0.25, 0.3) is 0 Å². The summed E-state index contributed by atoms with van der Waals surface area (Å²) in [6.07, 6.45) is 4.13. The Morgan fingerprint density at radius 2 is 1.67 bits per heavy atom. The average molecular weight is 220 g/mol. The van der Waals surface area contributed by atoms with Gasteiger partial charge in [0.2, 0.25) is 0 Å². The Hall–Kier alpha value is -1.09. The standard InChI is InChI=1S/C12H16O2Si/c13-12(14)10-4-6-11(7-5-10)15-8-2-1-3-9-15/h4-7,15H,1-3,8-9H2,(H,13,14). The third-order valence-electron chi connectivity index (χ3n) is 3.23. The summed E-state index contributed by atoms with van der Waals surface area (Å²) in [6, 6.07) is 10.4. The minimum Gasteiger partial charge on any atom is -0.478 e. The van der Waals surface area contributed by atoms with Crippen molar-refractivity contribution in [1.29, 1.82) is 0 Å². The van der Waals surface area contributed by atoms with Crippen molar-refractivity contribution in [3.8, 4) is 0 Å². The van der Waals surface area contributed by atoms with E-state index in [1.54, 1.807) is 12.1 Å². The van der Waals surface area contributed by atoms with Crippen molar-refractivity contribution in [2.45, 2.75) is 31.4 Å². The quantitative estimate of drug-likeness (QED) is 0.774. The zero-order chi connectivity index (χ0) is 10.7. The van der Waals surface area contributed by atoms with Crippen LogP contribution in [0.2, 0.25) is 12.1 Å². The number of benzene rings is 1. The van der Waals surface area contributed by atoms with Gasteiger partial charge in [0, 0.05) is 0 Å². The lowest BCUT2D eigenvalue weighted by molar-refractivity contribution is 0.0697. The molecule has 0 saturated carbocycles. The fourth-order valence-electron chi connectivity index (χ4n) is 2.33. The second-order valence-corrected chi connectivity index (χ2v) is 7.48. The summed E-state index contributed by atoms with van der Waals surface area (Å²) < 4.78 is 0. The zero-order valence-electron chi connectivity index (χ0n) is 8.78. The largest absolute Gasteiger partial charge is 0.478 e. The smallest absolute Gasteiger partial charge is 0.335 e. The maximum atomic E-state index is 10.7. The second-order valence-electron chi connectivity index (χ2n) is 4.26. The summed E-state index contributed by atoms with van der Waals surface area (Å²) in [4.78, 5) is 10.7. The van der Waals surface area contributed by atoms with Crippen molar-refractivity contribution in [3.63, 3.8) is 0 Å². The van der Waals surface area contributed by atoms with E-state index >= 15 is 0 Å². The first-order chi connectivity index (χ1) is 7.27. The lowest BCUT2D eigenvalue weighted by Crippen LogP contribution is -2.31. The highest BCUT2D eigenvalue weighted by Gasteiger charge is 2.17. The van der Waals surface area contributed by atoms with E-state index in [-0.39, 0.29) is 0 Å². The third-order valence-corrected chi connectivity index (χ3v) is 6.77. The fraction of sp³-hybridized carbons (Fsp3) is 0.417. The molecule has 0 aliphatic carbocycles. The van der Waals surface area contributed by atoms with E-state index in [0.717, 1.165) is 0 Å². The molecule has 0 bridgehead atoms. The van der Waals surface area contributed by atoms with Crippen molar-refractivity contribution in [2.24, 2.45) is 0 Å². The Bertz CT molecular complexity index is 339. The molecule has 0 radical (unpaired) electrons. The number of carboxylic acid groups (broad SMARTS) is 1. The Labute approximate surface area is 91.5 Å². The van der Waals surface area contributed by atoms with E-state index < -0.39 is 14.8 Å². The topological polar surface area (TPSA) is 37.3 Å². The van der Waals surface area contributed by atoms with Crippen LogP contribution in [0.3, 0.4) is 0 Å². The molecule has 0 atom stereocenters. The molecule has 1 saturated heterocycles. The molecule has 2 rings (SSSR count). The fourth-order valence-corrected chi connectivity index (χ4v) is 5.59. The summed E-state index contributed by atoms with van der Waals surface area (Å²) in [5.41, 5.74) is 0.406. The minimum atomic E-state index is -0.827. The Morgan fingerprint density at radius 1 is 1.07 bits per heavy atom. The number of hydrogen-bond donors (Lipinski definition) is 1. The number of carboxylic acids is 1. The van der Waals surface area contributed by atoms with E-state index in [4.69, 9.17) is 5.11 Å². The summed E-state index contributed by atoms with van der Waals surface area (Å²) in [5.74, 6) is -0.827. The van der Waals surface area contributed by atoms with Crippen LogP contribution in [-0.2, 0) is 0 Å². The molecule has 80 valence electrons. The van der Waals surface area contributed by atoms with Crippen LogP contribution in [0.4, 0.5) is 0 Å². The predicted octanol–water partition coefficient (Wildman–Crippen LogP) is 2.00.